The molecule has 0 aliphatic carbocycles. The topological polar surface area (TPSA) is 64.7 Å². The number of methoxy groups -OCH3 is 1. The molecular formula is C18H23NO3. The minimum Gasteiger partial charge on any atom is -0.493 e. The Balaban J connectivity index is 2.17. The van der Waals surface area contributed by atoms with Crippen LogP contribution in [0.5, 0.6) is 11.5 Å². The second kappa shape index (κ2) is 7.82. The van der Waals surface area contributed by atoms with Gasteiger partial charge < -0.3 is 20.3 Å². The lowest BCUT2D eigenvalue weighted by molar-refractivity contribution is 0.140. The fraction of sp³-hybridized carbons (Fsp3) is 0.333. The fourth-order valence-electron chi connectivity index (χ4n) is 2.22. The summed E-state index contributed by atoms with van der Waals surface area (Å²) in [5.41, 5.74) is 7.98. The van der Waals surface area contributed by atoms with E-state index in [2.05, 4.69) is 0 Å². The van der Waals surface area contributed by atoms with Crippen molar-refractivity contribution in [3.63, 3.8) is 0 Å². The molecule has 0 aliphatic rings. The third kappa shape index (κ3) is 4.00. The standard InChI is InChI=1S/C18H23NO3/c1-3-15(20)18(19)14-9-10-16(21-2)17(11-14)22-12-13-7-5-4-6-8-13/h4-11,15,18,20H,3,12,19H2,1-2H3/t15-,18+/m1/s1. The third-order valence-electron chi connectivity index (χ3n) is 3.64. The van der Waals surface area contributed by atoms with Crippen LogP contribution in [0.3, 0.4) is 0 Å². The first-order chi connectivity index (χ1) is 10.7. The van der Waals surface area contributed by atoms with Crippen molar-refractivity contribution in [1.82, 2.24) is 0 Å². The Labute approximate surface area is 131 Å². The molecule has 0 spiro atoms. The molecule has 0 heterocycles. The van der Waals surface area contributed by atoms with Crippen molar-refractivity contribution in [2.45, 2.75) is 32.1 Å². The molecular weight excluding hydrogens is 278 g/mol. The number of nitrogens with two attached hydrogens (primary N) is 1. The number of hydrogen-bond donors (Lipinski definition) is 2. The normalized spacial score (nSPS) is 13.5. The first-order valence-electron chi connectivity index (χ1n) is 7.44. The lowest BCUT2D eigenvalue weighted by Crippen LogP contribution is -2.25. The Bertz CT molecular complexity index is 586. The van der Waals surface area contributed by atoms with Gasteiger partial charge in [-0.05, 0) is 29.7 Å². The highest BCUT2D eigenvalue weighted by molar-refractivity contribution is 5.44. The van der Waals surface area contributed by atoms with Gasteiger partial charge in [0.2, 0.25) is 0 Å². The summed E-state index contributed by atoms with van der Waals surface area (Å²) in [6.45, 7) is 2.35. The minimum atomic E-state index is -0.574. The van der Waals surface area contributed by atoms with E-state index in [9.17, 15) is 5.11 Å². The van der Waals surface area contributed by atoms with Crippen LogP contribution in [0, 0.1) is 0 Å². The van der Waals surface area contributed by atoms with Crippen molar-refractivity contribution in [2.24, 2.45) is 5.73 Å². The number of aliphatic hydroxyl groups excluding tert-OH is 1. The molecule has 118 valence electrons. The van der Waals surface area contributed by atoms with Crippen LogP contribution in [0.25, 0.3) is 0 Å². The summed E-state index contributed by atoms with van der Waals surface area (Å²) >= 11 is 0. The van der Waals surface area contributed by atoms with Crippen LogP contribution in [0.15, 0.2) is 48.5 Å². The largest absolute Gasteiger partial charge is 0.493 e. The molecule has 0 aliphatic heterocycles. The van der Waals surface area contributed by atoms with Crippen molar-refractivity contribution in [3.8, 4) is 11.5 Å². The van der Waals surface area contributed by atoms with Crippen LogP contribution >= 0.6 is 0 Å². The maximum Gasteiger partial charge on any atom is 0.161 e. The zero-order chi connectivity index (χ0) is 15.9. The van der Waals surface area contributed by atoms with Crippen molar-refractivity contribution in [2.75, 3.05) is 7.11 Å². The van der Waals surface area contributed by atoms with Gasteiger partial charge in [-0.25, -0.2) is 0 Å². The minimum absolute atomic E-state index is 0.435. The van der Waals surface area contributed by atoms with Crippen LogP contribution < -0.4 is 15.2 Å². The quantitative estimate of drug-likeness (QED) is 0.825. The Morgan fingerprint density at radius 2 is 1.82 bits per heavy atom. The summed E-state index contributed by atoms with van der Waals surface area (Å²) in [7, 11) is 1.60. The molecule has 4 heteroatoms. The number of rotatable bonds is 7. The molecule has 0 amide bonds. The van der Waals surface area contributed by atoms with E-state index in [-0.39, 0.29) is 0 Å². The summed E-state index contributed by atoms with van der Waals surface area (Å²) in [6.07, 6.45) is 0.0308. The maximum atomic E-state index is 9.91. The fourth-order valence-corrected chi connectivity index (χ4v) is 2.22. The molecule has 0 bridgehead atoms. The molecule has 0 unspecified atom stereocenters. The molecule has 2 aromatic carbocycles. The van der Waals surface area contributed by atoms with Crippen molar-refractivity contribution >= 4 is 0 Å². The Hall–Kier alpha value is -2.04. The van der Waals surface area contributed by atoms with Crippen LogP contribution in [0.2, 0.25) is 0 Å². The SMILES string of the molecule is CC[C@@H](O)[C@@H](N)c1ccc(OC)c(OCc2ccccc2)c1. The highest BCUT2D eigenvalue weighted by Crippen LogP contribution is 2.31. The highest BCUT2D eigenvalue weighted by Gasteiger charge is 2.17. The van der Waals surface area contributed by atoms with Crippen LogP contribution in [-0.2, 0) is 6.61 Å². The van der Waals surface area contributed by atoms with Gasteiger partial charge in [-0.2, -0.15) is 0 Å². The maximum absolute atomic E-state index is 9.91. The summed E-state index contributed by atoms with van der Waals surface area (Å²) in [5, 5.41) is 9.91. The summed E-state index contributed by atoms with van der Waals surface area (Å²) in [6, 6.07) is 15.0. The molecule has 0 saturated carbocycles. The van der Waals surface area contributed by atoms with E-state index in [1.807, 2.05) is 55.5 Å². The summed E-state index contributed by atoms with van der Waals surface area (Å²) in [4.78, 5) is 0. The smallest absolute Gasteiger partial charge is 0.161 e. The number of benzene rings is 2. The van der Waals surface area contributed by atoms with E-state index in [4.69, 9.17) is 15.2 Å². The Kier molecular flexibility index (Phi) is 5.81. The molecule has 0 radical (unpaired) electrons. The number of ether oxygens (including phenoxy) is 2. The number of hydrogen-bond acceptors (Lipinski definition) is 4. The first kappa shape index (κ1) is 16.3. The predicted octanol–water partition coefficient (Wildman–Crippen LogP) is 3.04. The molecule has 0 fully saturated rings. The van der Waals surface area contributed by atoms with Gasteiger partial charge in [-0.1, -0.05) is 43.3 Å². The second-order valence-electron chi connectivity index (χ2n) is 5.19. The molecule has 22 heavy (non-hydrogen) atoms. The van der Waals surface area contributed by atoms with Gasteiger partial charge in [0, 0.05) is 0 Å². The molecule has 2 rings (SSSR count). The van der Waals surface area contributed by atoms with E-state index in [0.29, 0.717) is 24.5 Å². The van der Waals surface area contributed by atoms with Crippen molar-refractivity contribution < 1.29 is 14.6 Å². The first-order valence-corrected chi connectivity index (χ1v) is 7.44. The van der Waals surface area contributed by atoms with Gasteiger partial charge in [-0.15, -0.1) is 0 Å². The summed E-state index contributed by atoms with van der Waals surface area (Å²) in [5.74, 6) is 1.28. The van der Waals surface area contributed by atoms with E-state index in [1.54, 1.807) is 7.11 Å². The molecule has 2 atom stereocenters. The average molecular weight is 301 g/mol. The van der Waals surface area contributed by atoms with Gasteiger partial charge in [-0.3, -0.25) is 0 Å². The van der Waals surface area contributed by atoms with Crippen LogP contribution in [0.4, 0.5) is 0 Å². The van der Waals surface area contributed by atoms with E-state index in [0.717, 1.165) is 11.1 Å². The average Bonchev–Trinajstić information content (AvgIpc) is 2.59. The molecule has 0 saturated heterocycles. The molecule has 4 nitrogen and oxygen atoms in total. The monoisotopic (exact) mass is 301 g/mol. The number of aliphatic hydroxyl groups is 1. The highest BCUT2D eigenvalue weighted by atomic mass is 16.5. The van der Waals surface area contributed by atoms with Gasteiger partial charge in [0.1, 0.15) is 6.61 Å². The third-order valence-corrected chi connectivity index (χ3v) is 3.64. The zero-order valence-electron chi connectivity index (χ0n) is 13.0. The van der Waals surface area contributed by atoms with Crippen LogP contribution in [0.1, 0.15) is 30.5 Å². The van der Waals surface area contributed by atoms with Crippen molar-refractivity contribution in [3.05, 3.63) is 59.7 Å². The lowest BCUT2D eigenvalue weighted by Gasteiger charge is -2.19. The van der Waals surface area contributed by atoms with Crippen LogP contribution in [-0.4, -0.2) is 18.3 Å². The molecule has 2 aromatic rings. The Morgan fingerprint density at radius 3 is 2.45 bits per heavy atom. The van der Waals surface area contributed by atoms with Gasteiger partial charge >= 0.3 is 0 Å². The zero-order valence-corrected chi connectivity index (χ0v) is 13.0. The van der Waals surface area contributed by atoms with E-state index >= 15 is 0 Å². The second-order valence-corrected chi connectivity index (χ2v) is 5.19. The van der Waals surface area contributed by atoms with Gasteiger partial charge in [0.05, 0.1) is 19.3 Å². The Morgan fingerprint density at radius 1 is 1.09 bits per heavy atom. The lowest BCUT2D eigenvalue weighted by atomic mass is 10.0. The van der Waals surface area contributed by atoms with Gasteiger partial charge in [0.15, 0.2) is 11.5 Å². The molecule has 3 N–H and O–H groups in total. The summed E-state index contributed by atoms with van der Waals surface area (Å²) < 4.78 is 11.2. The van der Waals surface area contributed by atoms with E-state index < -0.39 is 12.1 Å². The molecule has 0 aromatic heterocycles. The van der Waals surface area contributed by atoms with E-state index in [1.165, 1.54) is 0 Å². The van der Waals surface area contributed by atoms with Crippen molar-refractivity contribution in [1.29, 1.82) is 0 Å². The van der Waals surface area contributed by atoms with Gasteiger partial charge in [0.25, 0.3) is 0 Å². The predicted molar refractivity (Wildman–Crippen MR) is 87.0 cm³/mol.